The number of halogens is 1. The van der Waals surface area contributed by atoms with Crippen LogP contribution in [0.3, 0.4) is 0 Å². The summed E-state index contributed by atoms with van der Waals surface area (Å²) in [5, 5.41) is 0. The van der Waals surface area contributed by atoms with Gasteiger partial charge in [-0.2, -0.15) is 0 Å². The van der Waals surface area contributed by atoms with Gasteiger partial charge in [0.05, 0.1) is 17.3 Å². The number of benzene rings is 1. The van der Waals surface area contributed by atoms with E-state index in [0.29, 0.717) is 22.7 Å². The number of sulfone groups is 1. The highest BCUT2D eigenvalue weighted by atomic mass is 79.9. The van der Waals surface area contributed by atoms with Gasteiger partial charge in [-0.15, -0.1) is 0 Å². The van der Waals surface area contributed by atoms with Crippen LogP contribution in [0.5, 0.6) is 0 Å². The van der Waals surface area contributed by atoms with Crippen molar-refractivity contribution in [1.29, 1.82) is 0 Å². The molecule has 4 nitrogen and oxygen atoms in total. The molecule has 1 aromatic rings. The van der Waals surface area contributed by atoms with E-state index in [1.165, 1.54) is 6.07 Å². The van der Waals surface area contributed by atoms with Gasteiger partial charge in [0, 0.05) is 16.8 Å². The molecule has 0 aliphatic heterocycles. The molecular weight excluding hydrogens is 318 g/mol. The zero-order valence-electron chi connectivity index (χ0n) is 10.5. The number of ether oxygens (including phenoxy) is 1. The first-order valence-electron chi connectivity index (χ1n) is 5.68. The van der Waals surface area contributed by atoms with Crippen molar-refractivity contribution in [2.45, 2.75) is 18.7 Å². The Morgan fingerprint density at radius 2 is 2.06 bits per heavy atom. The Morgan fingerprint density at radius 1 is 1.39 bits per heavy atom. The molecule has 6 heteroatoms. The molecule has 0 radical (unpaired) electrons. The van der Waals surface area contributed by atoms with Crippen LogP contribution in [0.15, 0.2) is 27.6 Å². The molecule has 0 bridgehead atoms. The lowest BCUT2D eigenvalue weighted by Gasteiger charge is -2.09. The normalized spacial score (nSPS) is 12.0. The molecule has 0 unspecified atom stereocenters. The minimum Gasteiger partial charge on any atom is -0.399 e. The van der Waals surface area contributed by atoms with E-state index in [2.05, 4.69) is 15.9 Å². The Labute approximate surface area is 117 Å². The smallest absolute Gasteiger partial charge is 0.181 e. The standard InChI is InChI=1S/C12H18BrNO3S/c1-9(2)8-17-5-6-18(15,16)12-4-3-10(14)7-11(12)13/h3-4,7,9H,5-6,8,14H2,1-2H3. The Hall–Kier alpha value is -0.590. The van der Waals surface area contributed by atoms with E-state index in [1.807, 2.05) is 13.8 Å². The lowest BCUT2D eigenvalue weighted by molar-refractivity contribution is 0.123. The predicted octanol–water partition coefficient (Wildman–Crippen LogP) is 2.48. The van der Waals surface area contributed by atoms with E-state index in [0.717, 1.165) is 0 Å². The highest BCUT2D eigenvalue weighted by Gasteiger charge is 2.17. The molecule has 0 atom stereocenters. The van der Waals surface area contributed by atoms with E-state index in [9.17, 15) is 8.42 Å². The summed E-state index contributed by atoms with van der Waals surface area (Å²) < 4.78 is 29.9. The number of nitrogen functional groups attached to an aromatic ring is 1. The summed E-state index contributed by atoms with van der Waals surface area (Å²) in [4.78, 5) is 0.254. The summed E-state index contributed by atoms with van der Waals surface area (Å²) in [6, 6.07) is 4.67. The third kappa shape index (κ3) is 4.59. The van der Waals surface area contributed by atoms with E-state index in [-0.39, 0.29) is 17.3 Å². The van der Waals surface area contributed by atoms with Crippen molar-refractivity contribution in [2.24, 2.45) is 5.92 Å². The van der Waals surface area contributed by atoms with Gasteiger partial charge in [0.1, 0.15) is 0 Å². The minimum absolute atomic E-state index is 0.0256. The van der Waals surface area contributed by atoms with E-state index in [4.69, 9.17) is 10.5 Å². The Morgan fingerprint density at radius 3 is 2.61 bits per heavy atom. The van der Waals surface area contributed by atoms with Crippen molar-refractivity contribution in [3.63, 3.8) is 0 Å². The fourth-order valence-corrected chi connectivity index (χ4v) is 3.69. The topological polar surface area (TPSA) is 69.4 Å². The fraction of sp³-hybridized carbons (Fsp3) is 0.500. The Balaban J connectivity index is 2.69. The first kappa shape index (κ1) is 15.5. The van der Waals surface area contributed by atoms with Crippen molar-refractivity contribution in [3.05, 3.63) is 22.7 Å². The van der Waals surface area contributed by atoms with Gasteiger partial charge >= 0.3 is 0 Å². The van der Waals surface area contributed by atoms with Crippen LogP contribution >= 0.6 is 15.9 Å². The van der Waals surface area contributed by atoms with Crippen LogP contribution < -0.4 is 5.73 Å². The van der Waals surface area contributed by atoms with Crippen molar-refractivity contribution < 1.29 is 13.2 Å². The van der Waals surface area contributed by atoms with Gasteiger partial charge in [-0.05, 0) is 40.0 Å². The van der Waals surface area contributed by atoms with Crippen LogP contribution in [0.2, 0.25) is 0 Å². The van der Waals surface area contributed by atoms with Crippen molar-refractivity contribution >= 4 is 31.5 Å². The van der Waals surface area contributed by atoms with Gasteiger partial charge in [-0.1, -0.05) is 13.8 Å². The second kappa shape index (κ2) is 6.54. The van der Waals surface area contributed by atoms with Crippen LogP contribution in [0, 0.1) is 5.92 Å². The molecule has 0 aliphatic carbocycles. The molecule has 0 fully saturated rings. The van der Waals surface area contributed by atoms with Crippen LogP contribution in [-0.2, 0) is 14.6 Å². The summed E-state index contributed by atoms with van der Waals surface area (Å²) in [5.74, 6) is 0.373. The lowest BCUT2D eigenvalue weighted by Crippen LogP contribution is -2.15. The molecule has 0 spiro atoms. The molecule has 102 valence electrons. The summed E-state index contributed by atoms with van der Waals surface area (Å²) in [6.07, 6.45) is 0. The fourth-order valence-electron chi connectivity index (χ4n) is 1.37. The molecule has 1 aromatic carbocycles. The van der Waals surface area contributed by atoms with Crippen LogP contribution in [0.1, 0.15) is 13.8 Å². The second-order valence-electron chi connectivity index (χ2n) is 4.48. The predicted molar refractivity (Wildman–Crippen MR) is 76.3 cm³/mol. The maximum absolute atomic E-state index is 12.1. The second-order valence-corrected chi connectivity index (χ2v) is 7.41. The zero-order valence-corrected chi connectivity index (χ0v) is 12.9. The Bertz CT molecular complexity index is 500. The number of nitrogens with two attached hydrogens (primary N) is 1. The quantitative estimate of drug-likeness (QED) is 0.640. The number of hydrogen-bond donors (Lipinski definition) is 1. The first-order chi connectivity index (χ1) is 8.33. The Kier molecular flexibility index (Phi) is 5.62. The molecule has 1 rings (SSSR count). The summed E-state index contributed by atoms with van der Waals surface area (Å²) in [5.41, 5.74) is 6.10. The molecule has 0 saturated heterocycles. The molecule has 18 heavy (non-hydrogen) atoms. The average molecular weight is 336 g/mol. The summed E-state index contributed by atoms with van der Waals surface area (Å²) in [6.45, 7) is 4.81. The van der Waals surface area contributed by atoms with E-state index in [1.54, 1.807) is 12.1 Å². The minimum atomic E-state index is -3.33. The van der Waals surface area contributed by atoms with Gasteiger partial charge in [-0.3, -0.25) is 0 Å². The SMILES string of the molecule is CC(C)COCCS(=O)(=O)c1ccc(N)cc1Br. The number of hydrogen-bond acceptors (Lipinski definition) is 4. The molecule has 0 aromatic heterocycles. The third-order valence-corrected chi connectivity index (χ3v) is 4.89. The molecule has 0 heterocycles. The van der Waals surface area contributed by atoms with E-state index < -0.39 is 9.84 Å². The molecule has 0 aliphatic rings. The average Bonchev–Trinajstić information content (AvgIpc) is 2.23. The first-order valence-corrected chi connectivity index (χ1v) is 8.13. The summed E-state index contributed by atoms with van der Waals surface area (Å²) >= 11 is 3.22. The molecule has 0 saturated carbocycles. The highest BCUT2D eigenvalue weighted by molar-refractivity contribution is 9.10. The van der Waals surface area contributed by atoms with Gasteiger partial charge in [0.25, 0.3) is 0 Å². The van der Waals surface area contributed by atoms with Gasteiger partial charge in [0.15, 0.2) is 9.84 Å². The summed E-state index contributed by atoms with van der Waals surface area (Å²) in [7, 11) is -3.33. The monoisotopic (exact) mass is 335 g/mol. The number of anilines is 1. The van der Waals surface area contributed by atoms with Crippen LogP contribution in [0.25, 0.3) is 0 Å². The number of rotatable bonds is 6. The van der Waals surface area contributed by atoms with Gasteiger partial charge < -0.3 is 10.5 Å². The van der Waals surface area contributed by atoms with Crippen LogP contribution in [0.4, 0.5) is 5.69 Å². The van der Waals surface area contributed by atoms with E-state index >= 15 is 0 Å². The maximum atomic E-state index is 12.1. The van der Waals surface area contributed by atoms with Crippen molar-refractivity contribution in [2.75, 3.05) is 24.7 Å². The van der Waals surface area contributed by atoms with Crippen molar-refractivity contribution in [3.8, 4) is 0 Å². The lowest BCUT2D eigenvalue weighted by atomic mass is 10.2. The maximum Gasteiger partial charge on any atom is 0.181 e. The molecular formula is C12H18BrNO3S. The molecule has 2 N–H and O–H groups in total. The van der Waals surface area contributed by atoms with Gasteiger partial charge in [-0.25, -0.2) is 8.42 Å². The third-order valence-electron chi connectivity index (χ3n) is 2.24. The van der Waals surface area contributed by atoms with Crippen LogP contribution in [-0.4, -0.2) is 27.4 Å². The van der Waals surface area contributed by atoms with Crippen molar-refractivity contribution in [1.82, 2.24) is 0 Å². The highest BCUT2D eigenvalue weighted by Crippen LogP contribution is 2.25. The molecule has 0 amide bonds. The zero-order chi connectivity index (χ0) is 13.8. The van der Waals surface area contributed by atoms with Gasteiger partial charge in [0.2, 0.25) is 0 Å². The largest absolute Gasteiger partial charge is 0.399 e.